The molecule has 106 valence electrons. The summed E-state index contributed by atoms with van der Waals surface area (Å²) in [5.41, 5.74) is 0.248. The summed E-state index contributed by atoms with van der Waals surface area (Å²) in [5, 5.41) is 0.984. The number of aromatic nitrogens is 1. The van der Waals surface area contributed by atoms with Crippen LogP contribution in [-0.2, 0) is 9.53 Å². The molecule has 1 heterocycles. The second-order valence-corrected chi connectivity index (χ2v) is 6.09. The van der Waals surface area contributed by atoms with Crippen molar-refractivity contribution in [2.75, 3.05) is 12.9 Å². The topological polar surface area (TPSA) is 48.4 Å². The highest BCUT2D eigenvalue weighted by Crippen LogP contribution is 2.24. The zero-order chi connectivity index (χ0) is 14.5. The predicted octanol–water partition coefficient (Wildman–Crippen LogP) is 3.47. The lowest BCUT2D eigenvalue weighted by molar-refractivity contribution is -0.147. The number of carbonyl (C=O) groups excluding carboxylic acids is 1. The van der Waals surface area contributed by atoms with Crippen LogP contribution < -0.4 is 4.74 Å². The Morgan fingerprint density at radius 3 is 2.95 bits per heavy atom. The number of fused-ring (bicyclic) bond motifs is 1. The number of halogens is 1. The van der Waals surface area contributed by atoms with Gasteiger partial charge < -0.3 is 9.47 Å². The molecule has 2 aromatic rings. The zero-order valence-electron chi connectivity index (χ0n) is 11.1. The number of benzene rings is 1. The molecule has 0 bridgehead atoms. The van der Waals surface area contributed by atoms with Crippen molar-refractivity contribution >= 4 is 51.2 Å². The van der Waals surface area contributed by atoms with Crippen molar-refractivity contribution in [3.63, 3.8) is 0 Å². The van der Waals surface area contributed by atoms with Gasteiger partial charge in [-0.25, -0.2) is 4.79 Å². The van der Waals surface area contributed by atoms with E-state index in [0.717, 1.165) is 14.5 Å². The normalized spacial score (nSPS) is 12.2. The average Bonchev–Trinajstić information content (AvgIpc) is 2.44. The van der Waals surface area contributed by atoms with E-state index in [0.29, 0.717) is 12.4 Å². The monoisotopic (exact) mass is 403 g/mol. The number of nitrogens with zero attached hydrogens (tertiary/aromatic N) is 1. The second-order valence-electron chi connectivity index (χ2n) is 3.95. The summed E-state index contributed by atoms with van der Waals surface area (Å²) in [6.07, 6.45) is 3.62. The van der Waals surface area contributed by atoms with E-state index in [1.165, 1.54) is 11.8 Å². The van der Waals surface area contributed by atoms with Crippen LogP contribution in [0.3, 0.4) is 0 Å². The summed E-state index contributed by atoms with van der Waals surface area (Å²) in [6, 6.07) is 7.59. The zero-order valence-corrected chi connectivity index (χ0v) is 14.1. The van der Waals surface area contributed by atoms with E-state index in [-0.39, 0.29) is 5.97 Å². The summed E-state index contributed by atoms with van der Waals surface area (Å²) < 4.78 is 11.7. The molecule has 0 saturated heterocycles. The van der Waals surface area contributed by atoms with Gasteiger partial charge in [0.05, 0.1) is 12.1 Å². The van der Waals surface area contributed by atoms with E-state index in [2.05, 4.69) is 27.6 Å². The molecule has 1 atom stereocenters. The van der Waals surface area contributed by atoms with E-state index < -0.39 is 5.44 Å². The van der Waals surface area contributed by atoms with Gasteiger partial charge in [-0.2, -0.15) is 0 Å². The first-order valence-electron chi connectivity index (χ1n) is 6.05. The van der Waals surface area contributed by atoms with E-state index in [9.17, 15) is 4.79 Å². The molecule has 0 radical (unpaired) electrons. The van der Waals surface area contributed by atoms with E-state index in [1.54, 1.807) is 6.92 Å². The van der Waals surface area contributed by atoms with Crippen LogP contribution in [0.1, 0.15) is 6.92 Å². The molecule has 20 heavy (non-hydrogen) atoms. The van der Waals surface area contributed by atoms with Crippen LogP contribution in [0.2, 0.25) is 0 Å². The van der Waals surface area contributed by atoms with Crippen LogP contribution in [0.5, 0.6) is 5.75 Å². The highest BCUT2D eigenvalue weighted by molar-refractivity contribution is 14.1. The molecule has 0 aliphatic carbocycles. The Bertz CT molecular complexity index is 620. The largest absolute Gasteiger partial charge is 0.468 e. The van der Waals surface area contributed by atoms with E-state index in [1.807, 2.05) is 36.7 Å². The molecule has 0 aliphatic heterocycles. The fourth-order valence-corrected chi connectivity index (χ4v) is 2.63. The van der Waals surface area contributed by atoms with E-state index in [4.69, 9.17) is 9.47 Å². The molecule has 0 spiro atoms. The van der Waals surface area contributed by atoms with Crippen molar-refractivity contribution in [2.45, 2.75) is 12.4 Å². The molecule has 1 aromatic carbocycles. The second kappa shape index (κ2) is 7.12. The lowest BCUT2D eigenvalue weighted by Gasteiger charge is -2.15. The fourth-order valence-electron chi connectivity index (χ4n) is 1.68. The van der Waals surface area contributed by atoms with Crippen molar-refractivity contribution in [1.82, 2.24) is 4.98 Å². The minimum absolute atomic E-state index is 0.346. The summed E-state index contributed by atoms with van der Waals surface area (Å²) in [7, 11) is 0. The van der Waals surface area contributed by atoms with Gasteiger partial charge in [-0.15, -0.1) is 11.8 Å². The highest BCUT2D eigenvalue weighted by atomic mass is 127. The average molecular weight is 403 g/mol. The number of rotatable bonds is 5. The Morgan fingerprint density at radius 2 is 2.25 bits per heavy atom. The van der Waals surface area contributed by atoms with Crippen LogP contribution in [0.15, 0.2) is 30.5 Å². The molecular weight excluding hydrogens is 389 g/mol. The number of hydrogen-bond donors (Lipinski definition) is 0. The molecule has 4 nitrogen and oxygen atoms in total. The number of hydrogen-bond acceptors (Lipinski definition) is 5. The van der Waals surface area contributed by atoms with Crippen molar-refractivity contribution in [2.24, 2.45) is 0 Å². The Kier molecular flexibility index (Phi) is 5.47. The van der Waals surface area contributed by atoms with Crippen LogP contribution in [0.4, 0.5) is 0 Å². The van der Waals surface area contributed by atoms with Crippen molar-refractivity contribution < 1.29 is 14.3 Å². The predicted molar refractivity (Wildman–Crippen MR) is 89.0 cm³/mol. The third-order valence-corrected chi connectivity index (χ3v) is 3.86. The molecular formula is C14H14INO3S. The summed E-state index contributed by atoms with van der Waals surface area (Å²) in [6.45, 7) is 2.12. The van der Waals surface area contributed by atoms with Gasteiger partial charge in [-0.3, -0.25) is 4.98 Å². The number of pyridine rings is 1. The maximum absolute atomic E-state index is 11.7. The molecule has 6 heteroatoms. The number of thioether (sulfide) groups is 1. The van der Waals surface area contributed by atoms with Gasteiger partial charge >= 0.3 is 5.97 Å². The Labute approximate surface area is 135 Å². The lowest BCUT2D eigenvalue weighted by atomic mass is 10.2. The first-order chi connectivity index (χ1) is 9.63. The number of ether oxygens (including phenoxy) is 2. The van der Waals surface area contributed by atoms with Crippen LogP contribution in [0.25, 0.3) is 10.9 Å². The SMILES string of the molecule is CCOC(=O)C(Oc1ccc2ncc(I)cc2c1)SC. The van der Waals surface area contributed by atoms with Crippen molar-refractivity contribution in [1.29, 1.82) is 0 Å². The Balaban J connectivity index is 2.22. The molecule has 0 N–H and O–H groups in total. The smallest absolute Gasteiger partial charge is 0.358 e. The molecule has 0 saturated carbocycles. The van der Waals surface area contributed by atoms with Gasteiger partial charge in [0.15, 0.2) is 0 Å². The van der Waals surface area contributed by atoms with Gasteiger partial charge in [0, 0.05) is 15.2 Å². The van der Waals surface area contributed by atoms with Gasteiger partial charge in [-0.1, -0.05) is 0 Å². The quantitative estimate of drug-likeness (QED) is 0.435. The minimum atomic E-state index is -0.650. The molecule has 1 unspecified atom stereocenters. The fraction of sp³-hybridized carbons (Fsp3) is 0.286. The number of carbonyl (C=O) groups is 1. The Hall–Kier alpha value is -1.02. The number of esters is 1. The van der Waals surface area contributed by atoms with Gasteiger partial charge in [0.25, 0.3) is 0 Å². The van der Waals surface area contributed by atoms with Crippen molar-refractivity contribution in [3.05, 3.63) is 34.0 Å². The minimum Gasteiger partial charge on any atom is -0.468 e. The maximum atomic E-state index is 11.7. The third kappa shape index (κ3) is 3.76. The van der Waals surface area contributed by atoms with Crippen LogP contribution in [-0.4, -0.2) is 29.3 Å². The van der Waals surface area contributed by atoms with Gasteiger partial charge in [-0.05, 0) is 60.0 Å². The molecule has 2 rings (SSSR count). The summed E-state index contributed by atoms with van der Waals surface area (Å²) in [4.78, 5) is 16.0. The van der Waals surface area contributed by atoms with Gasteiger partial charge in [0.2, 0.25) is 5.44 Å². The summed E-state index contributed by atoms with van der Waals surface area (Å²) in [5.74, 6) is 0.273. The van der Waals surface area contributed by atoms with Crippen LogP contribution >= 0.6 is 34.4 Å². The van der Waals surface area contributed by atoms with Crippen LogP contribution in [0, 0.1) is 3.57 Å². The van der Waals surface area contributed by atoms with Gasteiger partial charge in [0.1, 0.15) is 5.75 Å². The maximum Gasteiger partial charge on any atom is 0.358 e. The highest BCUT2D eigenvalue weighted by Gasteiger charge is 2.20. The first kappa shape index (κ1) is 15.4. The molecule has 0 amide bonds. The lowest BCUT2D eigenvalue weighted by Crippen LogP contribution is -2.25. The van der Waals surface area contributed by atoms with Crippen molar-refractivity contribution in [3.8, 4) is 5.75 Å². The van der Waals surface area contributed by atoms with E-state index >= 15 is 0 Å². The molecule has 0 fully saturated rings. The molecule has 1 aromatic heterocycles. The summed E-state index contributed by atoms with van der Waals surface area (Å²) >= 11 is 3.52. The first-order valence-corrected chi connectivity index (χ1v) is 8.42. The third-order valence-electron chi connectivity index (χ3n) is 2.56. The molecule has 0 aliphatic rings. The standard InChI is InChI=1S/C14H14INO3S/c1-3-18-13(17)14(20-2)19-11-4-5-12-9(7-11)6-10(15)8-16-12/h4-8,14H,3H2,1-2H3. The Morgan fingerprint density at radius 1 is 1.45 bits per heavy atom.